The number of hydrogen-bond donors (Lipinski definition) is 0. The third-order valence-corrected chi connectivity index (χ3v) is 1.20. The second-order valence-electron chi connectivity index (χ2n) is 2.11. The van der Waals surface area contributed by atoms with Gasteiger partial charge in [0, 0.05) is 6.66 Å². The van der Waals surface area contributed by atoms with Crippen molar-refractivity contribution in [2.75, 3.05) is 6.66 Å². The van der Waals surface area contributed by atoms with E-state index in [0.717, 1.165) is 6.66 Å². The summed E-state index contributed by atoms with van der Waals surface area (Å²) in [6, 6.07) is 0. The second kappa shape index (κ2) is 13.3. The summed E-state index contributed by atoms with van der Waals surface area (Å²) in [5.74, 6) is 0. The van der Waals surface area contributed by atoms with Crippen LogP contribution >= 0.6 is 7.68 Å². The molecule has 0 bridgehead atoms. The van der Waals surface area contributed by atoms with E-state index in [2.05, 4.69) is 4.52 Å². The molecule has 5 nitrogen and oxygen atoms in total. The van der Waals surface area contributed by atoms with Crippen LogP contribution in [0, 0.1) is 0 Å². The summed E-state index contributed by atoms with van der Waals surface area (Å²) in [4.78, 5) is 0. The molecule has 0 N–H and O–H groups in total. The normalized spacial score (nSPS) is 13.1. The quantitative estimate of drug-likeness (QED) is 0.284. The van der Waals surface area contributed by atoms with Crippen LogP contribution in [0.2, 0.25) is 0 Å². The summed E-state index contributed by atoms with van der Waals surface area (Å²) >= 11 is -3.11. The van der Waals surface area contributed by atoms with Gasteiger partial charge in [-0.25, -0.2) is 0 Å². The van der Waals surface area contributed by atoms with Crippen LogP contribution in [-0.2, 0) is 20.5 Å². The van der Waals surface area contributed by atoms with E-state index in [1.165, 1.54) is 0 Å². The molecule has 0 amide bonds. The van der Waals surface area contributed by atoms with Crippen molar-refractivity contribution in [3.63, 3.8) is 0 Å². The summed E-state index contributed by atoms with van der Waals surface area (Å²) in [6.07, 6.45) is -0.296. The Balaban J connectivity index is -0.0000000733. The van der Waals surface area contributed by atoms with Crippen molar-refractivity contribution in [2.24, 2.45) is 0 Å². The first kappa shape index (κ1) is 25.1. The van der Waals surface area contributed by atoms with Crippen molar-refractivity contribution in [3.05, 3.63) is 0 Å². The molecule has 14 heavy (non-hydrogen) atoms. The molecule has 0 aliphatic rings. The average molecular weight is 266 g/mol. The van der Waals surface area contributed by atoms with Gasteiger partial charge in [-0.15, -0.1) is 11.4 Å². The van der Waals surface area contributed by atoms with Crippen molar-refractivity contribution in [1.29, 1.82) is 0 Å². The predicted molar refractivity (Wildman–Crippen MR) is 40.6 cm³/mol. The first-order chi connectivity index (χ1) is 5.15. The van der Waals surface area contributed by atoms with Crippen LogP contribution in [0.15, 0.2) is 0 Å². The molecule has 0 aromatic carbocycles. The van der Waals surface area contributed by atoms with Gasteiger partial charge in [-0.1, -0.05) is 0 Å². The molecule has 0 fully saturated rings. The molecule has 1 atom stereocenters. The van der Waals surface area contributed by atoms with Crippen LogP contribution in [0.4, 0.5) is 4.20 Å². The van der Waals surface area contributed by atoms with Gasteiger partial charge in [-0.3, -0.25) is 8.77 Å². The van der Waals surface area contributed by atoms with Crippen molar-refractivity contribution in [1.82, 2.24) is 0 Å². The van der Waals surface area contributed by atoms with Gasteiger partial charge in [0.25, 0.3) is 0 Å². The van der Waals surface area contributed by atoms with Gasteiger partial charge in [-0.05, 0) is 13.8 Å². The van der Waals surface area contributed by atoms with Crippen LogP contribution in [0.3, 0.4) is 0 Å². The Kier molecular flexibility index (Phi) is 23.8. The zero-order valence-electron chi connectivity index (χ0n) is 8.85. The van der Waals surface area contributed by atoms with Gasteiger partial charge in [0.05, 0.1) is 6.10 Å². The van der Waals surface area contributed by atoms with E-state index in [-0.39, 0.29) is 65.2 Å². The van der Waals surface area contributed by atoms with E-state index in [0.29, 0.717) is 0 Å². The molecule has 10 heteroatoms. The summed E-state index contributed by atoms with van der Waals surface area (Å²) < 4.78 is 51.8. The van der Waals surface area contributed by atoms with Crippen molar-refractivity contribution >= 4 is 19.0 Å². The van der Waals surface area contributed by atoms with Crippen LogP contribution in [-0.4, -0.2) is 26.1 Å². The minimum atomic E-state index is -3.72. The molecule has 0 spiro atoms. The Morgan fingerprint density at radius 1 is 1.36 bits per heavy atom. The number of rotatable bonds is 2. The SMILES string of the molecule is CC(C)OP(C)(=O)F.O=S([O-])[O-].[Na+].[Na+]. The standard InChI is InChI=1S/C4H10FO2P.2Na.H2O3S/c1-4(2)7-8(3,5)6;;;1-4(2)3/h4H,1-3H3;;;(H2,1,2,3)/q;2*+1;/p-2. The minimum Gasteiger partial charge on any atom is -0.784 e. The Bertz CT molecular complexity index is 183. The van der Waals surface area contributed by atoms with Gasteiger partial charge < -0.3 is 13.6 Å². The molecule has 0 aliphatic carbocycles. The second-order valence-corrected chi connectivity index (χ2v) is 4.22. The van der Waals surface area contributed by atoms with Crippen molar-refractivity contribution < 1.29 is 85.7 Å². The van der Waals surface area contributed by atoms with Crippen LogP contribution in [0.5, 0.6) is 0 Å². The maximum atomic E-state index is 12.0. The molecule has 0 rings (SSSR count). The van der Waals surface area contributed by atoms with Crippen molar-refractivity contribution in [2.45, 2.75) is 20.0 Å². The summed E-state index contributed by atoms with van der Waals surface area (Å²) in [5.41, 5.74) is 0. The molecule has 76 valence electrons. The molecule has 0 aliphatic heterocycles. The number of halogens is 1. The minimum absolute atomic E-state index is 0. The maximum absolute atomic E-state index is 12.0. The van der Waals surface area contributed by atoms with E-state index in [4.69, 9.17) is 13.3 Å². The topological polar surface area (TPSA) is 89.5 Å². The molecular formula is C4H10FNa2O5PS. The molecule has 0 heterocycles. The maximum Gasteiger partial charge on any atom is 1.00 e. The Labute approximate surface area is 130 Å². The smallest absolute Gasteiger partial charge is 0.784 e. The van der Waals surface area contributed by atoms with Gasteiger partial charge in [-0.2, -0.15) is 4.20 Å². The first-order valence-electron chi connectivity index (χ1n) is 2.87. The van der Waals surface area contributed by atoms with Crippen LogP contribution in [0.25, 0.3) is 0 Å². The number of hydrogen-bond acceptors (Lipinski definition) is 5. The molecule has 0 radical (unpaired) electrons. The predicted octanol–water partition coefficient (Wildman–Crippen LogP) is -4.79. The summed E-state index contributed by atoms with van der Waals surface area (Å²) in [7, 11) is -3.72. The zero-order chi connectivity index (χ0) is 10.4. The Morgan fingerprint density at radius 2 is 1.57 bits per heavy atom. The third-order valence-electron chi connectivity index (χ3n) is 0.399. The summed E-state index contributed by atoms with van der Waals surface area (Å²) in [6.45, 7) is 4.22. The van der Waals surface area contributed by atoms with Gasteiger partial charge in [0.2, 0.25) is 0 Å². The van der Waals surface area contributed by atoms with Gasteiger partial charge in [0.1, 0.15) is 0 Å². The van der Waals surface area contributed by atoms with Crippen molar-refractivity contribution in [3.8, 4) is 0 Å². The molecule has 0 saturated heterocycles. The van der Waals surface area contributed by atoms with Gasteiger partial charge >= 0.3 is 66.8 Å². The van der Waals surface area contributed by atoms with E-state index in [1.807, 2.05) is 0 Å². The van der Waals surface area contributed by atoms with Gasteiger partial charge in [0.15, 0.2) is 0 Å². The molecule has 1 unspecified atom stereocenters. The zero-order valence-corrected chi connectivity index (χ0v) is 14.6. The average Bonchev–Trinajstić information content (AvgIpc) is 1.52. The van der Waals surface area contributed by atoms with Crippen LogP contribution in [0.1, 0.15) is 13.8 Å². The molecule has 0 saturated carbocycles. The Hall–Kier alpha value is 2.19. The van der Waals surface area contributed by atoms with Crippen LogP contribution < -0.4 is 59.1 Å². The molecule has 0 aromatic rings. The van der Waals surface area contributed by atoms with E-state index >= 15 is 0 Å². The summed E-state index contributed by atoms with van der Waals surface area (Å²) in [5, 5.41) is 0. The third kappa shape index (κ3) is 47.8. The van der Waals surface area contributed by atoms with E-state index < -0.39 is 19.0 Å². The fraction of sp³-hybridized carbons (Fsp3) is 1.00. The molecule has 0 aromatic heterocycles. The van der Waals surface area contributed by atoms with E-state index in [1.54, 1.807) is 13.8 Å². The van der Waals surface area contributed by atoms with E-state index in [9.17, 15) is 8.76 Å². The Morgan fingerprint density at radius 3 is 1.57 bits per heavy atom. The monoisotopic (exact) mass is 266 g/mol. The largest absolute Gasteiger partial charge is 1.00 e. The fourth-order valence-corrected chi connectivity index (χ4v) is 1.13. The first-order valence-corrected chi connectivity index (χ1v) is 5.83. The fourth-order valence-electron chi connectivity index (χ4n) is 0.377. The molecular weight excluding hydrogens is 256 g/mol.